The number of nitrogens with zero attached hydrogens (tertiary/aromatic N) is 2. The number of aryl methyl sites for hydroxylation is 1. The summed E-state index contributed by atoms with van der Waals surface area (Å²) in [6, 6.07) is 19.5. The Labute approximate surface area is 179 Å². The van der Waals surface area contributed by atoms with Crippen molar-refractivity contribution < 1.29 is 9.30 Å². The third-order valence-electron chi connectivity index (χ3n) is 5.60. The van der Waals surface area contributed by atoms with Crippen molar-refractivity contribution in [3.8, 4) is 5.75 Å². The van der Waals surface area contributed by atoms with Gasteiger partial charge in [0.15, 0.2) is 12.7 Å². The monoisotopic (exact) mass is 401 g/mol. The number of rotatable bonds is 7. The van der Waals surface area contributed by atoms with Crippen LogP contribution in [0.4, 0.5) is 0 Å². The molecule has 0 spiro atoms. The molecule has 2 heterocycles. The van der Waals surface area contributed by atoms with Crippen LogP contribution in [0.25, 0.3) is 21.8 Å². The van der Waals surface area contributed by atoms with Gasteiger partial charge in [-0.15, -0.1) is 0 Å². The smallest absolute Gasteiger partial charge is 0.203 e. The molecule has 0 fully saturated rings. The maximum Gasteiger partial charge on any atom is 0.203 e. The molecule has 30 heavy (non-hydrogen) atoms. The molecule has 0 N–H and O–H groups in total. The van der Waals surface area contributed by atoms with E-state index in [9.17, 15) is 0 Å². The van der Waals surface area contributed by atoms with Gasteiger partial charge in [0.25, 0.3) is 0 Å². The zero-order chi connectivity index (χ0) is 21.3. The highest BCUT2D eigenvalue weighted by molar-refractivity contribution is 6.08. The Hall–Kier alpha value is -2.81. The zero-order valence-corrected chi connectivity index (χ0v) is 18.9. The summed E-state index contributed by atoms with van der Waals surface area (Å²) >= 11 is 0. The van der Waals surface area contributed by atoms with Crippen molar-refractivity contribution in [2.45, 2.75) is 47.7 Å². The Morgan fingerprint density at radius 2 is 1.67 bits per heavy atom. The molecule has 4 aromatic rings. The van der Waals surface area contributed by atoms with E-state index in [2.05, 4.69) is 105 Å². The number of ether oxygens (including phenoxy) is 1. The third-order valence-corrected chi connectivity index (χ3v) is 5.60. The molecule has 0 aliphatic rings. The topological polar surface area (TPSA) is 18.0 Å². The first kappa shape index (κ1) is 20.5. The van der Waals surface area contributed by atoms with E-state index in [0.29, 0.717) is 11.8 Å². The van der Waals surface area contributed by atoms with Crippen molar-refractivity contribution in [1.29, 1.82) is 0 Å². The van der Waals surface area contributed by atoms with Crippen LogP contribution in [-0.4, -0.2) is 11.2 Å². The van der Waals surface area contributed by atoms with Gasteiger partial charge >= 0.3 is 0 Å². The molecular formula is C27H33N2O+. The average Bonchev–Trinajstić information content (AvgIpc) is 3.02. The van der Waals surface area contributed by atoms with Crippen LogP contribution in [0.5, 0.6) is 5.75 Å². The van der Waals surface area contributed by atoms with Crippen molar-refractivity contribution in [3.63, 3.8) is 0 Å². The lowest BCUT2D eigenvalue weighted by Gasteiger charge is -2.13. The summed E-state index contributed by atoms with van der Waals surface area (Å²) in [5.74, 6) is 2.03. The quantitative estimate of drug-likeness (QED) is 0.341. The van der Waals surface area contributed by atoms with Crippen LogP contribution in [0.3, 0.4) is 0 Å². The van der Waals surface area contributed by atoms with Crippen molar-refractivity contribution in [3.05, 3.63) is 72.1 Å². The van der Waals surface area contributed by atoms with E-state index in [-0.39, 0.29) is 0 Å². The van der Waals surface area contributed by atoms with E-state index < -0.39 is 0 Å². The van der Waals surface area contributed by atoms with E-state index in [4.69, 9.17) is 4.74 Å². The highest BCUT2D eigenvalue weighted by Gasteiger charge is 2.20. The van der Waals surface area contributed by atoms with Crippen LogP contribution >= 0.6 is 0 Å². The molecule has 0 aliphatic carbocycles. The van der Waals surface area contributed by atoms with E-state index in [1.54, 1.807) is 0 Å². The predicted octanol–water partition coefficient (Wildman–Crippen LogP) is 6.13. The molecule has 0 saturated heterocycles. The molecule has 3 heteroatoms. The second-order valence-corrected chi connectivity index (χ2v) is 9.17. The molecule has 0 bridgehead atoms. The molecule has 4 rings (SSSR count). The van der Waals surface area contributed by atoms with Crippen LogP contribution < -0.4 is 9.30 Å². The Morgan fingerprint density at radius 3 is 2.37 bits per heavy atom. The van der Waals surface area contributed by atoms with Gasteiger partial charge in [0.2, 0.25) is 5.69 Å². The maximum atomic E-state index is 6.05. The van der Waals surface area contributed by atoms with Crippen molar-refractivity contribution in [2.24, 2.45) is 11.8 Å². The van der Waals surface area contributed by atoms with Crippen molar-refractivity contribution in [1.82, 2.24) is 4.57 Å². The number of hydrogen-bond donors (Lipinski definition) is 0. The van der Waals surface area contributed by atoms with Gasteiger partial charge in [0, 0.05) is 41.9 Å². The standard InChI is InChI=1S/C27H33N2O/c1-19(2)16-29-26-15-23(30-18-20(3)4)11-12-24(26)25-13-14-28(21(5)27(25)29)17-22-9-7-6-8-10-22/h6-15,19-20H,16-18H2,1-5H3/q+1. The first-order valence-corrected chi connectivity index (χ1v) is 11.1. The highest BCUT2D eigenvalue weighted by atomic mass is 16.5. The van der Waals surface area contributed by atoms with Crippen LogP contribution in [-0.2, 0) is 13.1 Å². The number of hydrogen-bond acceptors (Lipinski definition) is 1. The molecule has 0 amide bonds. The average molecular weight is 402 g/mol. The van der Waals surface area contributed by atoms with Crippen molar-refractivity contribution in [2.75, 3.05) is 6.61 Å². The zero-order valence-electron chi connectivity index (χ0n) is 18.9. The largest absolute Gasteiger partial charge is 0.493 e. The Balaban J connectivity index is 1.86. The number of pyridine rings is 1. The number of aromatic nitrogens is 2. The molecule has 0 saturated carbocycles. The number of fused-ring (bicyclic) bond motifs is 3. The fraction of sp³-hybridized carbons (Fsp3) is 0.370. The van der Waals surface area contributed by atoms with E-state index in [1.807, 2.05) is 0 Å². The summed E-state index contributed by atoms with van der Waals surface area (Å²) in [5.41, 5.74) is 5.22. The van der Waals surface area contributed by atoms with Gasteiger partial charge in [-0.2, -0.15) is 4.57 Å². The Bertz CT molecular complexity index is 1160. The molecule has 3 nitrogen and oxygen atoms in total. The molecule has 0 radical (unpaired) electrons. The first-order chi connectivity index (χ1) is 14.4. The molecule has 0 atom stereocenters. The minimum Gasteiger partial charge on any atom is -0.493 e. The third kappa shape index (κ3) is 4.07. The fourth-order valence-electron chi connectivity index (χ4n) is 4.19. The van der Waals surface area contributed by atoms with Crippen LogP contribution in [0.15, 0.2) is 60.8 Å². The minimum atomic E-state index is 0.515. The molecular weight excluding hydrogens is 368 g/mol. The lowest BCUT2D eigenvalue weighted by Crippen LogP contribution is -2.37. The van der Waals surface area contributed by atoms with Crippen LogP contribution in [0.2, 0.25) is 0 Å². The Kier molecular flexibility index (Phi) is 5.80. The van der Waals surface area contributed by atoms with Crippen molar-refractivity contribution >= 4 is 21.8 Å². The molecule has 0 aliphatic heterocycles. The summed E-state index contributed by atoms with van der Waals surface area (Å²) in [6.45, 7) is 13.8. The van der Waals surface area contributed by atoms with Gasteiger partial charge < -0.3 is 9.30 Å². The van der Waals surface area contributed by atoms with Gasteiger partial charge in [0.05, 0.1) is 12.1 Å². The fourth-order valence-corrected chi connectivity index (χ4v) is 4.19. The van der Waals surface area contributed by atoms with Gasteiger partial charge in [-0.1, -0.05) is 58.0 Å². The summed E-state index contributed by atoms with van der Waals surface area (Å²) in [5, 5.41) is 2.63. The van der Waals surface area contributed by atoms with E-state index in [1.165, 1.54) is 33.1 Å². The van der Waals surface area contributed by atoms with Gasteiger partial charge in [-0.05, 0) is 24.0 Å². The SMILES string of the molecule is Cc1c2c(cc[n+]1Cc1ccccc1)c1ccc(OCC(C)C)cc1n2CC(C)C. The minimum absolute atomic E-state index is 0.515. The second-order valence-electron chi connectivity index (χ2n) is 9.17. The highest BCUT2D eigenvalue weighted by Crippen LogP contribution is 2.33. The molecule has 0 unspecified atom stereocenters. The maximum absolute atomic E-state index is 6.05. The first-order valence-electron chi connectivity index (χ1n) is 11.1. The van der Waals surface area contributed by atoms with Gasteiger partial charge in [-0.3, -0.25) is 0 Å². The lowest BCUT2D eigenvalue weighted by molar-refractivity contribution is -0.693. The summed E-state index contributed by atoms with van der Waals surface area (Å²) < 4.78 is 10.9. The van der Waals surface area contributed by atoms with E-state index >= 15 is 0 Å². The Morgan fingerprint density at radius 1 is 0.900 bits per heavy atom. The molecule has 2 aromatic carbocycles. The summed E-state index contributed by atoms with van der Waals surface area (Å²) in [7, 11) is 0. The van der Waals surface area contributed by atoms with Crippen LogP contribution in [0.1, 0.15) is 39.0 Å². The summed E-state index contributed by atoms with van der Waals surface area (Å²) in [4.78, 5) is 0. The molecule has 2 aromatic heterocycles. The molecule has 156 valence electrons. The van der Waals surface area contributed by atoms with Crippen LogP contribution in [0, 0.1) is 18.8 Å². The van der Waals surface area contributed by atoms with Gasteiger partial charge in [-0.25, -0.2) is 0 Å². The second kappa shape index (κ2) is 8.51. The number of benzene rings is 2. The predicted molar refractivity (Wildman–Crippen MR) is 125 cm³/mol. The normalized spacial score (nSPS) is 11.8. The van der Waals surface area contributed by atoms with E-state index in [0.717, 1.165) is 25.4 Å². The summed E-state index contributed by atoms with van der Waals surface area (Å²) in [6.07, 6.45) is 2.23. The van der Waals surface area contributed by atoms with Gasteiger partial charge in [0.1, 0.15) is 11.3 Å². The lowest BCUT2D eigenvalue weighted by atomic mass is 10.1.